The minimum absolute atomic E-state index is 0.233. The molecule has 0 aliphatic carbocycles. The maximum Gasteiger partial charge on any atom is 0.129 e. The second kappa shape index (κ2) is 5.70. The molecule has 20 heavy (non-hydrogen) atoms. The van der Waals surface area contributed by atoms with Gasteiger partial charge >= 0.3 is 0 Å². The summed E-state index contributed by atoms with van der Waals surface area (Å²) in [4.78, 5) is 0. The van der Waals surface area contributed by atoms with Gasteiger partial charge in [-0.1, -0.05) is 18.2 Å². The fourth-order valence-corrected chi connectivity index (χ4v) is 2.03. The summed E-state index contributed by atoms with van der Waals surface area (Å²) in [5.41, 5.74) is 1.63. The molecule has 0 fully saturated rings. The Bertz CT molecular complexity index is 675. The Morgan fingerprint density at radius 3 is 2.50 bits per heavy atom. The molecule has 1 atom stereocenters. The number of hydrogen-bond donors (Lipinski definition) is 1. The number of nitriles is 1. The highest BCUT2D eigenvalue weighted by atomic mass is 19.1. The van der Waals surface area contributed by atoms with E-state index in [1.807, 2.05) is 6.07 Å². The predicted molar refractivity (Wildman–Crippen MR) is 74.3 cm³/mol. The van der Waals surface area contributed by atoms with Crippen LogP contribution in [-0.4, -0.2) is 0 Å². The Balaban J connectivity index is 2.33. The summed E-state index contributed by atoms with van der Waals surface area (Å²) >= 11 is 0. The van der Waals surface area contributed by atoms with Crippen molar-refractivity contribution in [2.24, 2.45) is 0 Å². The largest absolute Gasteiger partial charge is 0.378 e. The van der Waals surface area contributed by atoms with Crippen molar-refractivity contribution in [1.82, 2.24) is 0 Å². The summed E-state index contributed by atoms with van der Waals surface area (Å²) in [6.07, 6.45) is 0. The number of rotatable bonds is 3. The highest BCUT2D eigenvalue weighted by Gasteiger charge is 2.13. The van der Waals surface area contributed by atoms with Crippen LogP contribution >= 0.6 is 0 Å². The normalized spacial score (nSPS) is 11.8. The number of benzene rings is 2. The smallest absolute Gasteiger partial charge is 0.129 e. The van der Waals surface area contributed by atoms with E-state index < -0.39 is 5.82 Å². The molecule has 2 rings (SSSR count). The topological polar surface area (TPSA) is 35.8 Å². The zero-order valence-electron chi connectivity index (χ0n) is 11.2. The van der Waals surface area contributed by atoms with Gasteiger partial charge in [-0.2, -0.15) is 5.26 Å². The van der Waals surface area contributed by atoms with E-state index in [9.17, 15) is 8.78 Å². The van der Waals surface area contributed by atoms with Gasteiger partial charge in [-0.05, 0) is 32.0 Å². The van der Waals surface area contributed by atoms with Crippen molar-refractivity contribution in [3.63, 3.8) is 0 Å². The van der Waals surface area contributed by atoms with Gasteiger partial charge in [0.25, 0.3) is 0 Å². The highest BCUT2D eigenvalue weighted by molar-refractivity contribution is 5.57. The van der Waals surface area contributed by atoms with E-state index in [1.165, 1.54) is 12.1 Å². The summed E-state index contributed by atoms with van der Waals surface area (Å²) in [6, 6.07) is 10.7. The van der Waals surface area contributed by atoms with Crippen LogP contribution in [0.4, 0.5) is 14.5 Å². The van der Waals surface area contributed by atoms with Crippen molar-refractivity contribution in [2.45, 2.75) is 19.9 Å². The van der Waals surface area contributed by atoms with Crippen molar-refractivity contribution in [3.8, 4) is 6.07 Å². The van der Waals surface area contributed by atoms with Crippen LogP contribution in [0.3, 0.4) is 0 Å². The molecule has 4 heteroatoms. The Kier molecular flexibility index (Phi) is 3.99. The summed E-state index contributed by atoms with van der Waals surface area (Å²) in [6.45, 7) is 3.40. The molecule has 102 valence electrons. The van der Waals surface area contributed by atoms with E-state index >= 15 is 0 Å². The molecule has 2 aromatic rings. The van der Waals surface area contributed by atoms with Crippen LogP contribution in [0.1, 0.15) is 29.7 Å². The van der Waals surface area contributed by atoms with Gasteiger partial charge in [0.05, 0.1) is 17.7 Å². The molecule has 2 aromatic carbocycles. The number of nitrogens with zero attached hydrogens (tertiary/aromatic N) is 1. The SMILES string of the molecule is Cc1c(F)cc(C#N)cc1NC(C)c1ccccc1F. The van der Waals surface area contributed by atoms with Gasteiger partial charge in [0.15, 0.2) is 0 Å². The lowest BCUT2D eigenvalue weighted by Gasteiger charge is -2.18. The van der Waals surface area contributed by atoms with Crippen LogP contribution in [0.2, 0.25) is 0 Å². The molecule has 0 aromatic heterocycles. The van der Waals surface area contributed by atoms with Gasteiger partial charge in [0.2, 0.25) is 0 Å². The quantitative estimate of drug-likeness (QED) is 0.903. The van der Waals surface area contributed by atoms with Gasteiger partial charge in [0.1, 0.15) is 11.6 Å². The van der Waals surface area contributed by atoms with Crippen molar-refractivity contribution in [1.29, 1.82) is 5.26 Å². The zero-order chi connectivity index (χ0) is 14.7. The Morgan fingerprint density at radius 1 is 1.15 bits per heavy atom. The Labute approximate surface area is 116 Å². The van der Waals surface area contributed by atoms with E-state index in [0.29, 0.717) is 16.8 Å². The van der Waals surface area contributed by atoms with Crippen LogP contribution in [-0.2, 0) is 0 Å². The summed E-state index contributed by atoms with van der Waals surface area (Å²) in [5.74, 6) is -0.769. The number of halogens is 2. The number of hydrogen-bond acceptors (Lipinski definition) is 2. The standard InChI is InChI=1S/C16H14F2N2/c1-10-15(18)7-12(9-19)8-16(10)20-11(2)13-5-3-4-6-14(13)17/h3-8,11,20H,1-2H3. The maximum absolute atomic E-state index is 13.7. The second-order valence-electron chi connectivity index (χ2n) is 4.63. The number of nitrogens with one attached hydrogen (secondary N) is 1. The second-order valence-corrected chi connectivity index (χ2v) is 4.63. The maximum atomic E-state index is 13.7. The lowest BCUT2D eigenvalue weighted by Crippen LogP contribution is -2.10. The van der Waals surface area contributed by atoms with E-state index in [-0.39, 0.29) is 17.4 Å². The van der Waals surface area contributed by atoms with E-state index in [0.717, 1.165) is 0 Å². The number of anilines is 1. The third-order valence-corrected chi connectivity index (χ3v) is 3.22. The molecule has 0 spiro atoms. The van der Waals surface area contributed by atoms with E-state index in [2.05, 4.69) is 5.32 Å². The first-order valence-corrected chi connectivity index (χ1v) is 6.24. The Morgan fingerprint density at radius 2 is 1.85 bits per heavy atom. The van der Waals surface area contributed by atoms with Crippen molar-refractivity contribution in [2.75, 3.05) is 5.32 Å². The lowest BCUT2D eigenvalue weighted by atomic mass is 10.1. The van der Waals surface area contributed by atoms with E-state index in [4.69, 9.17) is 5.26 Å². The monoisotopic (exact) mass is 272 g/mol. The van der Waals surface area contributed by atoms with Gasteiger partial charge in [-0.15, -0.1) is 0 Å². The van der Waals surface area contributed by atoms with Crippen LogP contribution in [0.5, 0.6) is 0 Å². The first-order valence-electron chi connectivity index (χ1n) is 6.24. The van der Waals surface area contributed by atoms with E-state index in [1.54, 1.807) is 38.1 Å². The van der Waals surface area contributed by atoms with Gasteiger partial charge < -0.3 is 5.32 Å². The average molecular weight is 272 g/mol. The molecular formula is C16H14F2N2. The van der Waals surface area contributed by atoms with Crippen LogP contribution in [0.25, 0.3) is 0 Å². The van der Waals surface area contributed by atoms with Crippen LogP contribution in [0, 0.1) is 29.9 Å². The van der Waals surface area contributed by atoms with Gasteiger partial charge in [0, 0.05) is 16.8 Å². The minimum atomic E-state index is -0.452. The molecule has 0 bridgehead atoms. The minimum Gasteiger partial charge on any atom is -0.378 e. The Hall–Kier alpha value is -2.41. The molecule has 0 radical (unpaired) electrons. The third kappa shape index (κ3) is 2.77. The summed E-state index contributed by atoms with van der Waals surface area (Å²) in [5, 5.41) is 11.9. The van der Waals surface area contributed by atoms with Gasteiger partial charge in [-0.25, -0.2) is 8.78 Å². The molecule has 0 amide bonds. The fraction of sp³-hybridized carbons (Fsp3) is 0.188. The van der Waals surface area contributed by atoms with Crippen molar-refractivity contribution in [3.05, 3.63) is 64.7 Å². The molecule has 2 nitrogen and oxygen atoms in total. The average Bonchev–Trinajstić information content (AvgIpc) is 2.43. The third-order valence-electron chi connectivity index (χ3n) is 3.22. The molecule has 0 heterocycles. The van der Waals surface area contributed by atoms with Crippen LogP contribution in [0.15, 0.2) is 36.4 Å². The zero-order valence-corrected chi connectivity index (χ0v) is 11.2. The van der Waals surface area contributed by atoms with Crippen molar-refractivity contribution >= 4 is 5.69 Å². The predicted octanol–water partition coefficient (Wildman–Crippen LogP) is 4.32. The van der Waals surface area contributed by atoms with Gasteiger partial charge in [-0.3, -0.25) is 0 Å². The fourth-order valence-electron chi connectivity index (χ4n) is 2.03. The molecular weight excluding hydrogens is 258 g/mol. The molecule has 0 aliphatic heterocycles. The molecule has 0 aliphatic rings. The first kappa shape index (κ1) is 14.0. The van der Waals surface area contributed by atoms with Crippen molar-refractivity contribution < 1.29 is 8.78 Å². The van der Waals surface area contributed by atoms with Crippen LogP contribution < -0.4 is 5.32 Å². The summed E-state index contributed by atoms with van der Waals surface area (Å²) in [7, 11) is 0. The lowest BCUT2D eigenvalue weighted by molar-refractivity contribution is 0.599. The highest BCUT2D eigenvalue weighted by Crippen LogP contribution is 2.26. The molecule has 0 saturated carbocycles. The first-order chi connectivity index (χ1) is 9.52. The molecule has 0 saturated heterocycles. The molecule has 1 N–H and O–H groups in total. The summed E-state index contributed by atoms with van der Waals surface area (Å²) < 4.78 is 27.4. The molecule has 1 unspecified atom stereocenters.